The van der Waals surface area contributed by atoms with Gasteiger partial charge in [0.1, 0.15) is 23.5 Å². The van der Waals surface area contributed by atoms with Gasteiger partial charge < -0.3 is 19.2 Å². The van der Waals surface area contributed by atoms with Crippen molar-refractivity contribution in [2.75, 3.05) is 20.1 Å². The highest BCUT2D eigenvalue weighted by molar-refractivity contribution is 5.88. The molecule has 8 heteroatoms. The first-order valence-corrected chi connectivity index (χ1v) is 8.23. The second-order valence-electron chi connectivity index (χ2n) is 6.23. The van der Waals surface area contributed by atoms with E-state index in [1.807, 2.05) is 24.0 Å². The summed E-state index contributed by atoms with van der Waals surface area (Å²) >= 11 is 0. The van der Waals surface area contributed by atoms with E-state index in [0.29, 0.717) is 31.9 Å². The third-order valence-corrected chi connectivity index (χ3v) is 4.28. The number of amides is 2. The van der Waals surface area contributed by atoms with Gasteiger partial charge in [0.15, 0.2) is 0 Å². The standard InChI is InChI=1S/C17H22N4O4/c1-12-3-4-14(25-12)11-21-7-6-18-17(23)15(21)9-16(22)20(2)10-13-5-8-24-19-13/h3-5,8,15H,6-7,9-11H2,1-2H3,(H,18,23)/t15-/m0/s1. The minimum Gasteiger partial charge on any atom is -0.465 e. The van der Waals surface area contributed by atoms with E-state index < -0.39 is 6.04 Å². The number of furan rings is 1. The average Bonchev–Trinajstić information content (AvgIpc) is 3.22. The Morgan fingerprint density at radius 3 is 2.96 bits per heavy atom. The summed E-state index contributed by atoms with van der Waals surface area (Å²) in [6, 6.07) is 5.00. The van der Waals surface area contributed by atoms with E-state index in [0.717, 1.165) is 11.5 Å². The number of nitrogens with one attached hydrogen (secondary N) is 1. The Labute approximate surface area is 145 Å². The number of carbonyl (C=O) groups excluding carboxylic acids is 2. The van der Waals surface area contributed by atoms with Crippen molar-refractivity contribution < 1.29 is 18.5 Å². The van der Waals surface area contributed by atoms with E-state index in [-0.39, 0.29) is 18.2 Å². The number of hydrogen-bond donors (Lipinski definition) is 1. The van der Waals surface area contributed by atoms with Crippen LogP contribution in [0.2, 0.25) is 0 Å². The lowest BCUT2D eigenvalue weighted by Gasteiger charge is -2.34. The van der Waals surface area contributed by atoms with E-state index >= 15 is 0 Å². The second kappa shape index (κ2) is 7.52. The summed E-state index contributed by atoms with van der Waals surface area (Å²) in [6.45, 7) is 3.98. The van der Waals surface area contributed by atoms with Crippen LogP contribution in [0.15, 0.2) is 33.4 Å². The van der Waals surface area contributed by atoms with Crippen molar-refractivity contribution >= 4 is 11.8 Å². The fraction of sp³-hybridized carbons (Fsp3) is 0.471. The van der Waals surface area contributed by atoms with Gasteiger partial charge in [-0.1, -0.05) is 5.16 Å². The molecule has 2 amide bonds. The van der Waals surface area contributed by atoms with Gasteiger partial charge in [0.2, 0.25) is 11.8 Å². The van der Waals surface area contributed by atoms with E-state index in [1.54, 1.807) is 18.0 Å². The van der Waals surface area contributed by atoms with Crippen LogP contribution in [0.25, 0.3) is 0 Å². The van der Waals surface area contributed by atoms with E-state index in [2.05, 4.69) is 10.5 Å². The summed E-state index contributed by atoms with van der Waals surface area (Å²) in [5.74, 6) is 1.38. The predicted octanol–water partition coefficient (Wildman–Crippen LogP) is 0.925. The van der Waals surface area contributed by atoms with Gasteiger partial charge in [-0.05, 0) is 19.1 Å². The molecule has 8 nitrogen and oxygen atoms in total. The highest BCUT2D eigenvalue weighted by atomic mass is 16.5. The third kappa shape index (κ3) is 4.27. The van der Waals surface area contributed by atoms with Crippen LogP contribution in [0.4, 0.5) is 0 Å². The number of hydrogen-bond acceptors (Lipinski definition) is 6. The fourth-order valence-corrected chi connectivity index (χ4v) is 2.92. The van der Waals surface area contributed by atoms with E-state index in [1.165, 1.54) is 6.26 Å². The molecule has 1 aliphatic rings. The zero-order valence-electron chi connectivity index (χ0n) is 14.4. The highest BCUT2D eigenvalue weighted by Gasteiger charge is 2.33. The number of aromatic nitrogens is 1. The van der Waals surface area contributed by atoms with Crippen molar-refractivity contribution in [3.05, 3.63) is 41.7 Å². The van der Waals surface area contributed by atoms with Gasteiger partial charge in [-0.15, -0.1) is 0 Å². The van der Waals surface area contributed by atoms with Gasteiger partial charge in [0.25, 0.3) is 0 Å². The van der Waals surface area contributed by atoms with Gasteiger partial charge in [-0.25, -0.2) is 0 Å². The number of carbonyl (C=O) groups is 2. The maximum Gasteiger partial charge on any atom is 0.237 e. The molecule has 0 radical (unpaired) electrons. The van der Waals surface area contributed by atoms with Crippen molar-refractivity contribution in [3.8, 4) is 0 Å². The quantitative estimate of drug-likeness (QED) is 0.836. The Hall–Kier alpha value is -2.61. The molecule has 0 bridgehead atoms. The summed E-state index contributed by atoms with van der Waals surface area (Å²) < 4.78 is 10.4. The topological polar surface area (TPSA) is 91.8 Å². The summed E-state index contributed by atoms with van der Waals surface area (Å²) in [5.41, 5.74) is 0.673. The van der Waals surface area contributed by atoms with Crippen LogP contribution in [-0.2, 0) is 22.7 Å². The average molecular weight is 346 g/mol. The second-order valence-corrected chi connectivity index (χ2v) is 6.23. The maximum atomic E-state index is 12.5. The normalized spacial score (nSPS) is 18.2. The molecule has 2 aromatic heterocycles. The van der Waals surface area contributed by atoms with Gasteiger partial charge in [0.05, 0.1) is 25.6 Å². The van der Waals surface area contributed by atoms with Crippen molar-refractivity contribution in [2.45, 2.75) is 32.5 Å². The van der Waals surface area contributed by atoms with E-state index in [4.69, 9.17) is 8.94 Å². The molecule has 3 heterocycles. The molecule has 1 N–H and O–H groups in total. The lowest BCUT2D eigenvalue weighted by atomic mass is 10.1. The molecule has 0 saturated carbocycles. The number of nitrogens with zero attached hydrogens (tertiary/aromatic N) is 3. The Bertz CT molecular complexity index is 725. The van der Waals surface area contributed by atoms with Crippen LogP contribution in [-0.4, -0.2) is 52.9 Å². The Morgan fingerprint density at radius 2 is 2.28 bits per heavy atom. The molecular weight excluding hydrogens is 324 g/mol. The number of piperazine rings is 1. The van der Waals surface area contributed by atoms with E-state index in [9.17, 15) is 9.59 Å². The van der Waals surface area contributed by atoms with Crippen LogP contribution >= 0.6 is 0 Å². The molecule has 25 heavy (non-hydrogen) atoms. The summed E-state index contributed by atoms with van der Waals surface area (Å²) in [4.78, 5) is 28.4. The third-order valence-electron chi connectivity index (χ3n) is 4.28. The minimum absolute atomic E-state index is 0.111. The van der Waals surface area contributed by atoms with Crippen molar-refractivity contribution in [1.82, 2.24) is 20.3 Å². The molecule has 3 rings (SSSR count). The molecule has 0 unspecified atom stereocenters. The molecule has 1 atom stereocenters. The lowest BCUT2D eigenvalue weighted by molar-refractivity contribution is -0.138. The summed E-state index contributed by atoms with van der Waals surface area (Å²) in [6.07, 6.45) is 1.58. The van der Waals surface area contributed by atoms with Gasteiger partial charge in [-0.2, -0.15) is 0 Å². The monoisotopic (exact) mass is 346 g/mol. The zero-order valence-corrected chi connectivity index (χ0v) is 14.4. The van der Waals surface area contributed by atoms with Crippen molar-refractivity contribution in [1.29, 1.82) is 0 Å². The molecular formula is C17H22N4O4. The van der Waals surface area contributed by atoms with Crippen LogP contribution in [0.3, 0.4) is 0 Å². The van der Waals surface area contributed by atoms with Crippen molar-refractivity contribution in [3.63, 3.8) is 0 Å². The van der Waals surface area contributed by atoms with Crippen LogP contribution in [0.1, 0.15) is 23.6 Å². The molecule has 1 aliphatic heterocycles. The largest absolute Gasteiger partial charge is 0.465 e. The Morgan fingerprint density at radius 1 is 1.44 bits per heavy atom. The van der Waals surface area contributed by atoms with Crippen LogP contribution < -0.4 is 5.32 Å². The summed E-state index contributed by atoms with van der Waals surface area (Å²) in [5, 5.41) is 6.64. The smallest absolute Gasteiger partial charge is 0.237 e. The first-order chi connectivity index (χ1) is 12.0. The molecule has 2 aromatic rings. The molecule has 0 spiro atoms. The van der Waals surface area contributed by atoms with Gasteiger partial charge >= 0.3 is 0 Å². The molecule has 0 aromatic carbocycles. The van der Waals surface area contributed by atoms with Gasteiger partial charge in [0, 0.05) is 26.2 Å². The van der Waals surface area contributed by atoms with Crippen LogP contribution in [0.5, 0.6) is 0 Å². The lowest BCUT2D eigenvalue weighted by Crippen LogP contribution is -2.56. The fourth-order valence-electron chi connectivity index (χ4n) is 2.92. The Balaban J connectivity index is 1.64. The van der Waals surface area contributed by atoms with Crippen LogP contribution in [0, 0.1) is 6.92 Å². The maximum absolute atomic E-state index is 12.5. The predicted molar refractivity (Wildman–Crippen MR) is 88.2 cm³/mol. The summed E-state index contributed by atoms with van der Waals surface area (Å²) in [7, 11) is 1.69. The molecule has 1 fully saturated rings. The number of rotatable bonds is 6. The molecule has 1 saturated heterocycles. The van der Waals surface area contributed by atoms with Gasteiger partial charge in [-0.3, -0.25) is 14.5 Å². The highest BCUT2D eigenvalue weighted by Crippen LogP contribution is 2.17. The molecule has 0 aliphatic carbocycles. The molecule has 134 valence electrons. The van der Waals surface area contributed by atoms with Crippen molar-refractivity contribution in [2.24, 2.45) is 0 Å². The SMILES string of the molecule is Cc1ccc(CN2CCNC(=O)[C@@H]2CC(=O)N(C)Cc2ccon2)o1. The Kier molecular flexibility index (Phi) is 5.18. The number of aryl methyl sites for hydroxylation is 1. The zero-order chi connectivity index (χ0) is 17.8. The first-order valence-electron chi connectivity index (χ1n) is 8.23. The minimum atomic E-state index is -0.508. The first kappa shape index (κ1) is 17.2.